The quantitative estimate of drug-likeness (QED) is 0.783. The number of amides is 1. The van der Waals surface area contributed by atoms with Crippen LogP contribution in [0.5, 0.6) is 0 Å². The SMILES string of the molecule is CCc1c(C(=O)Nc2ccccc2F)nnn1Cc1ccccc1. The average molecular weight is 324 g/mol. The molecule has 0 aliphatic heterocycles. The Hall–Kier alpha value is -3.02. The molecular weight excluding hydrogens is 307 g/mol. The molecule has 122 valence electrons. The number of hydrogen-bond donors (Lipinski definition) is 1. The molecule has 0 saturated heterocycles. The van der Waals surface area contributed by atoms with E-state index in [1.54, 1.807) is 16.8 Å². The Morgan fingerprint density at radius 1 is 1.12 bits per heavy atom. The number of nitrogens with one attached hydrogen (secondary N) is 1. The lowest BCUT2D eigenvalue weighted by Crippen LogP contribution is -2.16. The van der Waals surface area contributed by atoms with Crippen LogP contribution in [0.25, 0.3) is 0 Å². The van der Waals surface area contributed by atoms with Gasteiger partial charge in [0.15, 0.2) is 5.69 Å². The zero-order chi connectivity index (χ0) is 16.9. The Morgan fingerprint density at radius 2 is 1.83 bits per heavy atom. The predicted molar refractivity (Wildman–Crippen MR) is 89.3 cm³/mol. The van der Waals surface area contributed by atoms with E-state index in [1.807, 2.05) is 37.3 Å². The smallest absolute Gasteiger partial charge is 0.278 e. The summed E-state index contributed by atoms with van der Waals surface area (Å²) in [6.07, 6.45) is 0.597. The molecule has 3 rings (SSSR count). The highest BCUT2D eigenvalue weighted by Crippen LogP contribution is 2.16. The van der Waals surface area contributed by atoms with Crippen LogP contribution in [0.1, 0.15) is 28.7 Å². The number of rotatable bonds is 5. The third-order valence-electron chi connectivity index (χ3n) is 3.68. The van der Waals surface area contributed by atoms with Crippen molar-refractivity contribution >= 4 is 11.6 Å². The van der Waals surface area contributed by atoms with Crippen molar-refractivity contribution in [3.63, 3.8) is 0 Å². The summed E-state index contributed by atoms with van der Waals surface area (Å²) in [6, 6.07) is 15.8. The van der Waals surface area contributed by atoms with E-state index < -0.39 is 11.7 Å². The fourth-order valence-electron chi connectivity index (χ4n) is 2.49. The van der Waals surface area contributed by atoms with Crippen molar-refractivity contribution in [1.82, 2.24) is 15.0 Å². The Labute approximate surface area is 139 Å². The zero-order valence-corrected chi connectivity index (χ0v) is 13.2. The summed E-state index contributed by atoms with van der Waals surface area (Å²) >= 11 is 0. The van der Waals surface area contributed by atoms with Gasteiger partial charge in [-0.05, 0) is 24.1 Å². The summed E-state index contributed by atoms with van der Waals surface area (Å²) in [5.41, 5.74) is 2.13. The van der Waals surface area contributed by atoms with Crippen LogP contribution < -0.4 is 5.32 Å². The largest absolute Gasteiger partial charge is 0.318 e. The Bertz CT molecular complexity index is 845. The molecule has 3 aromatic rings. The molecule has 5 nitrogen and oxygen atoms in total. The third kappa shape index (κ3) is 3.32. The highest BCUT2D eigenvalue weighted by Gasteiger charge is 2.19. The van der Waals surface area contributed by atoms with Crippen LogP contribution in [0.3, 0.4) is 0 Å². The van der Waals surface area contributed by atoms with Crippen LogP contribution in [0.2, 0.25) is 0 Å². The van der Waals surface area contributed by atoms with Crippen molar-refractivity contribution in [3.05, 3.63) is 77.4 Å². The molecule has 1 N–H and O–H groups in total. The number of benzene rings is 2. The first-order chi connectivity index (χ1) is 11.7. The molecule has 1 amide bonds. The highest BCUT2D eigenvalue weighted by atomic mass is 19.1. The standard InChI is InChI=1S/C18H17FN4O/c1-2-16-17(18(24)20-15-11-7-6-10-14(15)19)21-22-23(16)12-13-8-4-3-5-9-13/h3-11H,2,12H2,1H3,(H,20,24). The number of carbonyl (C=O) groups excluding carboxylic acids is 1. The summed E-state index contributed by atoms with van der Waals surface area (Å²) in [7, 11) is 0. The predicted octanol–water partition coefficient (Wildman–Crippen LogP) is 3.28. The summed E-state index contributed by atoms with van der Waals surface area (Å²) in [4.78, 5) is 12.4. The number of hydrogen-bond acceptors (Lipinski definition) is 3. The first kappa shape index (κ1) is 15.9. The van der Waals surface area contributed by atoms with Crippen molar-refractivity contribution in [3.8, 4) is 0 Å². The van der Waals surface area contributed by atoms with E-state index in [9.17, 15) is 9.18 Å². The monoisotopic (exact) mass is 324 g/mol. The molecule has 1 aromatic heterocycles. The van der Waals surface area contributed by atoms with Crippen LogP contribution in [0.15, 0.2) is 54.6 Å². The molecule has 0 aliphatic rings. The molecule has 2 aromatic carbocycles. The van der Waals surface area contributed by atoms with E-state index in [0.29, 0.717) is 18.7 Å². The van der Waals surface area contributed by atoms with Gasteiger partial charge in [-0.3, -0.25) is 4.79 Å². The van der Waals surface area contributed by atoms with E-state index in [1.165, 1.54) is 12.1 Å². The number of carbonyl (C=O) groups is 1. The number of halogens is 1. The molecular formula is C18H17FN4O. The second kappa shape index (κ2) is 7.04. The number of nitrogens with zero attached hydrogens (tertiary/aromatic N) is 3. The second-order valence-corrected chi connectivity index (χ2v) is 5.32. The van der Waals surface area contributed by atoms with Crippen LogP contribution in [-0.2, 0) is 13.0 Å². The minimum atomic E-state index is -0.486. The second-order valence-electron chi connectivity index (χ2n) is 5.32. The Balaban J connectivity index is 1.83. The van der Waals surface area contributed by atoms with Gasteiger partial charge in [-0.25, -0.2) is 9.07 Å². The first-order valence-corrected chi connectivity index (χ1v) is 7.71. The lowest BCUT2D eigenvalue weighted by atomic mass is 10.2. The molecule has 6 heteroatoms. The van der Waals surface area contributed by atoms with Crippen molar-refractivity contribution in [2.75, 3.05) is 5.32 Å². The molecule has 0 bridgehead atoms. The normalized spacial score (nSPS) is 10.6. The summed E-state index contributed by atoms with van der Waals surface area (Å²) in [6.45, 7) is 2.46. The Kier molecular flexibility index (Phi) is 4.65. The van der Waals surface area contributed by atoms with Gasteiger partial charge in [0.1, 0.15) is 5.82 Å². The summed E-state index contributed by atoms with van der Waals surface area (Å²) in [5.74, 6) is -0.947. The zero-order valence-electron chi connectivity index (χ0n) is 13.2. The molecule has 0 spiro atoms. The lowest BCUT2D eigenvalue weighted by Gasteiger charge is -2.07. The maximum atomic E-state index is 13.7. The first-order valence-electron chi connectivity index (χ1n) is 7.71. The summed E-state index contributed by atoms with van der Waals surface area (Å²) in [5, 5.41) is 10.6. The van der Waals surface area contributed by atoms with Gasteiger partial charge in [0.05, 0.1) is 17.9 Å². The van der Waals surface area contributed by atoms with Gasteiger partial charge in [-0.2, -0.15) is 0 Å². The highest BCUT2D eigenvalue weighted by molar-refractivity contribution is 6.03. The van der Waals surface area contributed by atoms with Crippen molar-refractivity contribution < 1.29 is 9.18 Å². The van der Waals surface area contributed by atoms with E-state index in [2.05, 4.69) is 15.6 Å². The van der Waals surface area contributed by atoms with Gasteiger partial charge in [0.25, 0.3) is 5.91 Å². The lowest BCUT2D eigenvalue weighted by molar-refractivity contribution is 0.102. The van der Waals surface area contributed by atoms with Crippen molar-refractivity contribution in [1.29, 1.82) is 0 Å². The molecule has 1 heterocycles. The minimum absolute atomic E-state index is 0.127. The average Bonchev–Trinajstić information content (AvgIpc) is 3.00. The van der Waals surface area contributed by atoms with Crippen LogP contribution >= 0.6 is 0 Å². The fraction of sp³-hybridized carbons (Fsp3) is 0.167. The maximum absolute atomic E-state index is 13.7. The maximum Gasteiger partial charge on any atom is 0.278 e. The number of aromatic nitrogens is 3. The van der Waals surface area contributed by atoms with Crippen molar-refractivity contribution in [2.24, 2.45) is 0 Å². The fourth-order valence-corrected chi connectivity index (χ4v) is 2.49. The summed E-state index contributed by atoms with van der Waals surface area (Å²) < 4.78 is 15.4. The van der Waals surface area contributed by atoms with Crippen LogP contribution in [-0.4, -0.2) is 20.9 Å². The van der Waals surface area contributed by atoms with Gasteiger partial charge in [-0.1, -0.05) is 54.6 Å². The molecule has 0 aliphatic carbocycles. The van der Waals surface area contributed by atoms with Gasteiger partial charge in [0.2, 0.25) is 0 Å². The molecule has 0 atom stereocenters. The molecule has 0 radical (unpaired) electrons. The molecule has 0 unspecified atom stereocenters. The molecule has 0 fully saturated rings. The van der Waals surface area contributed by atoms with Crippen molar-refractivity contribution in [2.45, 2.75) is 19.9 Å². The van der Waals surface area contributed by atoms with Crippen LogP contribution in [0, 0.1) is 5.82 Å². The molecule has 0 saturated carbocycles. The Morgan fingerprint density at radius 3 is 2.54 bits per heavy atom. The van der Waals surface area contributed by atoms with Crippen LogP contribution in [0.4, 0.5) is 10.1 Å². The van der Waals surface area contributed by atoms with E-state index in [4.69, 9.17) is 0 Å². The van der Waals surface area contributed by atoms with E-state index in [-0.39, 0.29) is 11.4 Å². The van der Waals surface area contributed by atoms with Gasteiger partial charge < -0.3 is 5.32 Å². The minimum Gasteiger partial charge on any atom is -0.318 e. The van der Waals surface area contributed by atoms with E-state index in [0.717, 1.165) is 5.56 Å². The molecule has 24 heavy (non-hydrogen) atoms. The number of anilines is 1. The number of para-hydroxylation sites is 1. The van der Waals surface area contributed by atoms with Gasteiger partial charge in [-0.15, -0.1) is 5.10 Å². The third-order valence-corrected chi connectivity index (χ3v) is 3.68. The van der Waals surface area contributed by atoms with Gasteiger partial charge >= 0.3 is 0 Å². The topological polar surface area (TPSA) is 59.8 Å². The van der Waals surface area contributed by atoms with E-state index >= 15 is 0 Å². The van der Waals surface area contributed by atoms with Gasteiger partial charge in [0, 0.05) is 0 Å².